The Morgan fingerprint density at radius 1 is 0.958 bits per heavy atom. The number of ether oxygens (including phenoxy) is 3. The first-order valence-corrected chi connectivity index (χ1v) is 8.52. The van der Waals surface area contributed by atoms with Gasteiger partial charge in [0, 0.05) is 11.0 Å². The fourth-order valence-electron chi connectivity index (χ4n) is 2.22. The van der Waals surface area contributed by atoms with E-state index < -0.39 is 0 Å². The molecule has 0 fully saturated rings. The lowest BCUT2D eigenvalue weighted by Gasteiger charge is -2.08. The monoisotopic (exact) mass is 344 g/mol. The molecule has 0 aliphatic heterocycles. The molecular weight excluding hydrogens is 324 g/mol. The SMILES string of the molecule is COc1ccc(C(=O)/C=C/c2ccc(SC)c(OC)c2)c(OC)c1. The average molecular weight is 344 g/mol. The third-order valence-electron chi connectivity index (χ3n) is 3.51. The number of ketones is 1. The minimum Gasteiger partial charge on any atom is -0.497 e. The molecule has 0 atom stereocenters. The van der Waals surface area contributed by atoms with E-state index in [9.17, 15) is 4.79 Å². The molecule has 0 aliphatic carbocycles. The topological polar surface area (TPSA) is 44.8 Å². The van der Waals surface area contributed by atoms with E-state index in [0.717, 1.165) is 16.2 Å². The van der Waals surface area contributed by atoms with Crippen molar-refractivity contribution in [2.24, 2.45) is 0 Å². The number of allylic oxidation sites excluding steroid dienone is 1. The van der Waals surface area contributed by atoms with Crippen LogP contribution >= 0.6 is 11.8 Å². The highest BCUT2D eigenvalue weighted by atomic mass is 32.2. The summed E-state index contributed by atoms with van der Waals surface area (Å²) in [4.78, 5) is 13.5. The highest BCUT2D eigenvalue weighted by molar-refractivity contribution is 7.98. The number of rotatable bonds is 7. The summed E-state index contributed by atoms with van der Waals surface area (Å²) in [7, 11) is 4.74. The number of carbonyl (C=O) groups is 1. The van der Waals surface area contributed by atoms with Crippen LogP contribution in [0, 0.1) is 0 Å². The van der Waals surface area contributed by atoms with Crippen LogP contribution in [0.5, 0.6) is 17.2 Å². The molecule has 4 nitrogen and oxygen atoms in total. The zero-order chi connectivity index (χ0) is 17.5. The highest BCUT2D eigenvalue weighted by Gasteiger charge is 2.11. The minimum absolute atomic E-state index is 0.137. The van der Waals surface area contributed by atoms with Gasteiger partial charge in [0.25, 0.3) is 0 Å². The minimum atomic E-state index is -0.137. The molecule has 0 radical (unpaired) electrons. The Morgan fingerprint density at radius 3 is 2.33 bits per heavy atom. The largest absolute Gasteiger partial charge is 0.497 e. The third-order valence-corrected chi connectivity index (χ3v) is 4.29. The summed E-state index contributed by atoms with van der Waals surface area (Å²) >= 11 is 1.61. The highest BCUT2D eigenvalue weighted by Crippen LogP contribution is 2.29. The van der Waals surface area contributed by atoms with Crippen LogP contribution in [-0.4, -0.2) is 33.4 Å². The van der Waals surface area contributed by atoms with Gasteiger partial charge in [-0.1, -0.05) is 12.1 Å². The van der Waals surface area contributed by atoms with Crippen molar-refractivity contribution in [1.82, 2.24) is 0 Å². The zero-order valence-corrected chi connectivity index (χ0v) is 15.0. The zero-order valence-electron chi connectivity index (χ0n) is 14.2. The quantitative estimate of drug-likeness (QED) is 0.425. The second-order valence-corrected chi connectivity index (χ2v) is 5.73. The van der Waals surface area contributed by atoms with E-state index >= 15 is 0 Å². The Bertz CT molecular complexity index is 753. The van der Waals surface area contributed by atoms with Gasteiger partial charge in [0.1, 0.15) is 17.2 Å². The second kappa shape index (κ2) is 8.45. The van der Waals surface area contributed by atoms with Crippen molar-refractivity contribution in [2.75, 3.05) is 27.6 Å². The number of hydrogen-bond donors (Lipinski definition) is 0. The van der Waals surface area contributed by atoms with Crippen LogP contribution < -0.4 is 14.2 Å². The summed E-state index contributed by atoms with van der Waals surface area (Å²) < 4.78 is 15.8. The predicted molar refractivity (Wildman–Crippen MR) is 97.7 cm³/mol. The van der Waals surface area contributed by atoms with Crippen molar-refractivity contribution in [3.05, 3.63) is 53.6 Å². The molecule has 0 saturated carbocycles. The summed E-state index contributed by atoms with van der Waals surface area (Å²) in [6.45, 7) is 0. The molecule has 0 amide bonds. The van der Waals surface area contributed by atoms with Crippen LogP contribution in [0.25, 0.3) is 6.08 Å². The van der Waals surface area contributed by atoms with Gasteiger partial charge in [-0.25, -0.2) is 0 Å². The summed E-state index contributed by atoms with van der Waals surface area (Å²) in [6, 6.07) is 10.9. The Morgan fingerprint density at radius 2 is 1.71 bits per heavy atom. The first-order valence-electron chi connectivity index (χ1n) is 7.29. The molecule has 0 heterocycles. The maximum Gasteiger partial charge on any atom is 0.189 e. The molecule has 0 N–H and O–H groups in total. The van der Waals surface area contributed by atoms with Crippen molar-refractivity contribution in [3.63, 3.8) is 0 Å². The normalized spacial score (nSPS) is 10.7. The van der Waals surface area contributed by atoms with Crippen molar-refractivity contribution >= 4 is 23.6 Å². The van der Waals surface area contributed by atoms with Gasteiger partial charge in [-0.2, -0.15) is 0 Å². The lowest BCUT2D eigenvalue weighted by molar-refractivity contribution is 0.104. The number of hydrogen-bond acceptors (Lipinski definition) is 5. The van der Waals surface area contributed by atoms with Gasteiger partial charge in [-0.15, -0.1) is 11.8 Å². The molecule has 0 aromatic heterocycles. The Hall–Kier alpha value is -2.40. The van der Waals surface area contributed by atoms with Crippen LogP contribution in [0.1, 0.15) is 15.9 Å². The van der Waals surface area contributed by atoms with E-state index in [1.807, 2.05) is 24.5 Å². The lowest BCUT2D eigenvalue weighted by atomic mass is 10.1. The van der Waals surface area contributed by atoms with Gasteiger partial charge in [-0.3, -0.25) is 4.79 Å². The Kier molecular flexibility index (Phi) is 6.32. The van der Waals surface area contributed by atoms with Gasteiger partial charge >= 0.3 is 0 Å². The Labute approximate surface area is 146 Å². The number of methoxy groups -OCH3 is 3. The van der Waals surface area contributed by atoms with E-state index in [1.54, 1.807) is 50.3 Å². The van der Waals surface area contributed by atoms with E-state index in [4.69, 9.17) is 14.2 Å². The fraction of sp³-hybridized carbons (Fsp3) is 0.211. The summed E-state index contributed by atoms with van der Waals surface area (Å²) in [5.41, 5.74) is 1.38. The molecule has 0 saturated heterocycles. The molecule has 2 rings (SSSR count). The van der Waals surface area contributed by atoms with Crippen LogP contribution in [0.15, 0.2) is 47.4 Å². The smallest absolute Gasteiger partial charge is 0.189 e. The van der Waals surface area contributed by atoms with Gasteiger partial charge in [-0.05, 0) is 42.2 Å². The molecule has 0 unspecified atom stereocenters. The molecular formula is C19H20O4S. The molecule has 2 aromatic carbocycles. The summed E-state index contributed by atoms with van der Waals surface area (Å²) in [5, 5.41) is 0. The predicted octanol–water partition coefficient (Wildman–Crippen LogP) is 4.33. The van der Waals surface area contributed by atoms with Crippen LogP contribution in [-0.2, 0) is 0 Å². The number of carbonyl (C=O) groups excluding carboxylic acids is 1. The number of benzene rings is 2. The van der Waals surface area contributed by atoms with Crippen LogP contribution in [0.4, 0.5) is 0 Å². The van der Waals surface area contributed by atoms with E-state index in [2.05, 4.69) is 0 Å². The molecule has 2 aromatic rings. The molecule has 0 spiro atoms. The van der Waals surface area contributed by atoms with Crippen molar-refractivity contribution in [3.8, 4) is 17.2 Å². The van der Waals surface area contributed by atoms with Gasteiger partial charge in [0.2, 0.25) is 0 Å². The van der Waals surface area contributed by atoms with Crippen molar-refractivity contribution in [2.45, 2.75) is 4.90 Å². The fourth-order valence-corrected chi connectivity index (χ4v) is 2.77. The first kappa shape index (κ1) is 17.9. The van der Waals surface area contributed by atoms with Crippen molar-refractivity contribution < 1.29 is 19.0 Å². The standard InChI is InChI=1S/C19H20O4S/c1-21-14-7-8-15(17(12-14)22-2)16(20)9-5-13-6-10-19(24-4)18(11-13)23-3/h5-12H,1-4H3/b9-5+. The molecule has 0 bridgehead atoms. The third kappa shape index (κ3) is 4.11. The number of thioether (sulfide) groups is 1. The lowest BCUT2D eigenvalue weighted by Crippen LogP contribution is -1.99. The summed E-state index contributed by atoms with van der Waals surface area (Å²) in [5.74, 6) is 1.78. The van der Waals surface area contributed by atoms with Gasteiger partial charge in [0.05, 0.1) is 26.9 Å². The van der Waals surface area contributed by atoms with Gasteiger partial charge < -0.3 is 14.2 Å². The summed E-state index contributed by atoms with van der Waals surface area (Å²) in [6.07, 6.45) is 5.28. The van der Waals surface area contributed by atoms with Crippen LogP contribution in [0.2, 0.25) is 0 Å². The Balaban J connectivity index is 2.24. The average Bonchev–Trinajstić information content (AvgIpc) is 2.65. The van der Waals surface area contributed by atoms with E-state index in [-0.39, 0.29) is 5.78 Å². The molecule has 5 heteroatoms. The van der Waals surface area contributed by atoms with Crippen LogP contribution in [0.3, 0.4) is 0 Å². The maximum atomic E-state index is 12.4. The van der Waals surface area contributed by atoms with E-state index in [0.29, 0.717) is 17.1 Å². The van der Waals surface area contributed by atoms with E-state index in [1.165, 1.54) is 13.2 Å². The molecule has 24 heavy (non-hydrogen) atoms. The first-order chi connectivity index (χ1) is 11.6. The molecule has 0 aliphatic rings. The van der Waals surface area contributed by atoms with Gasteiger partial charge in [0.15, 0.2) is 5.78 Å². The second-order valence-electron chi connectivity index (χ2n) is 4.88. The van der Waals surface area contributed by atoms with Crippen molar-refractivity contribution in [1.29, 1.82) is 0 Å². The molecule has 126 valence electrons. The maximum absolute atomic E-state index is 12.4.